The molecule has 1 atom stereocenters. The Kier molecular flexibility index (Phi) is 7.44. The van der Waals surface area contributed by atoms with E-state index in [4.69, 9.17) is 37.1 Å². The minimum atomic E-state index is -5.10. The number of ether oxygens (including phenoxy) is 2. The molecule has 0 radical (unpaired) electrons. The molecule has 1 unspecified atom stereocenters. The number of rotatable bonds is 8. The highest BCUT2D eigenvalue weighted by atomic mass is 35.5. The molecular formula is C28H23Cl2F4N3O7S. The van der Waals surface area contributed by atoms with Gasteiger partial charge in [-0.2, -0.15) is 13.2 Å². The van der Waals surface area contributed by atoms with Gasteiger partial charge in [0.1, 0.15) is 28.0 Å². The van der Waals surface area contributed by atoms with Crippen LogP contribution in [-0.4, -0.2) is 50.6 Å². The first kappa shape index (κ1) is 31.3. The Morgan fingerprint density at radius 1 is 1.07 bits per heavy atom. The number of aryl methyl sites for hydroxylation is 1. The Bertz CT molecular complexity index is 1810. The number of carbonyl (C=O) groups excluding carboxylic acids is 2. The molecule has 0 saturated heterocycles. The van der Waals surface area contributed by atoms with Gasteiger partial charge in [0.2, 0.25) is 5.76 Å². The van der Waals surface area contributed by atoms with Gasteiger partial charge in [-0.25, -0.2) is 12.8 Å². The summed E-state index contributed by atoms with van der Waals surface area (Å²) in [5, 5.41) is 5.70. The van der Waals surface area contributed by atoms with E-state index in [1.165, 1.54) is 37.3 Å². The largest absolute Gasteiger partial charge is 0.484 e. The number of alkyl halides is 3. The lowest BCUT2D eigenvalue weighted by Crippen LogP contribution is -2.84. The zero-order chi connectivity index (χ0) is 32.5. The van der Waals surface area contributed by atoms with E-state index in [0.29, 0.717) is 23.6 Å². The summed E-state index contributed by atoms with van der Waals surface area (Å²) in [6.07, 6.45) is -5.42. The van der Waals surface area contributed by atoms with Crippen LogP contribution in [0.4, 0.5) is 23.2 Å². The Hall–Kier alpha value is -3.69. The molecule has 2 heterocycles. The molecular weight excluding hydrogens is 669 g/mol. The summed E-state index contributed by atoms with van der Waals surface area (Å²) < 4.78 is 98.4. The van der Waals surface area contributed by atoms with Crippen LogP contribution in [0.5, 0.6) is 11.5 Å². The van der Waals surface area contributed by atoms with Gasteiger partial charge in [-0.15, -0.1) is 0 Å². The molecule has 1 aromatic heterocycles. The predicted octanol–water partition coefficient (Wildman–Crippen LogP) is 5.00. The monoisotopic (exact) mass is 691 g/mol. The lowest BCUT2D eigenvalue weighted by atomic mass is 9.44. The van der Waals surface area contributed by atoms with Gasteiger partial charge < -0.3 is 24.5 Å². The van der Waals surface area contributed by atoms with Crippen molar-refractivity contribution in [3.63, 3.8) is 0 Å². The van der Waals surface area contributed by atoms with Crippen molar-refractivity contribution in [2.75, 3.05) is 17.5 Å². The predicted molar refractivity (Wildman–Crippen MR) is 151 cm³/mol. The number of furan rings is 1. The molecule has 4 aliphatic rings. The fourth-order valence-corrected chi connectivity index (χ4v) is 7.99. The molecule has 17 heteroatoms. The summed E-state index contributed by atoms with van der Waals surface area (Å²) in [6.45, 7) is 0.156. The van der Waals surface area contributed by atoms with Crippen LogP contribution in [0.3, 0.4) is 0 Å². The van der Waals surface area contributed by atoms with Gasteiger partial charge >= 0.3 is 6.18 Å². The van der Waals surface area contributed by atoms with Crippen molar-refractivity contribution in [2.24, 2.45) is 0 Å². The van der Waals surface area contributed by atoms with Crippen molar-refractivity contribution in [3.05, 3.63) is 69.8 Å². The van der Waals surface area contributed by atoms with Crippen LogP contribution < -0.4 is 24.4 Å². The minimum Gasteiger partial charge on any atom is -0.484 e. The van der Waals surface area contributed by atoms with Crippen LogP contribution in [0.2, 0.25) is 10.0 Å². The fraction of sp³-hybridized carbons (Fsp3) is 0.357. The average molecular weight is 692 g/mol. The first-order valence-electron chi connectivity index (χ1n) is 13.4. The van der Waals surface area contributed by atoms with Crippen LogP contribution in [0.1, 0.15) is 30.8 Å². The van der Waals surface area contributed by atoms with Gasteiger partial charge in [0, 0.05) is 28.2 Å². The third-order valence-electron chi connectivity index (χ3n) is 7.81. The van der Waals surface area contributed by atoms with Gasteiger partial charge in [0.05, 0.1) is 17.3 Å². The highest BCUT2D eigenvalue weighted by Gasteiger charge is 2.69. The molecule has 3 aliphatic carbocycles. The summed E-state index contributed by atoms with van der Waals surface area (Å²) in [5.74, 6) is -3.76. The zero-order valence-corrected chi connectivity index (χ0v) is 25.5. The molecule has 0 spiro atoms. The quantitative estimate of drug-likeness (QED) is 0.319. The molecule has 2 bridgehead atoms. The number of hydrogen-bond acceptors (Lipinski definition) is 7. The van der Waals surface area contributed by atoms with E-state index in [1.807, 2.05) is 0 Å². The number of carbonyl (C=O) groups is 2. The molecule has 2 amide bonds. The number of hydrogen-bond donors (Lipinski definition) is 2. The van der Waals surface area contributed by atoms with E-state index in [1.54, 1.807) is 0 Å². The highest BCUT2D eigenvalue weighted by molar-refractivity contribution is 7.93. The number of halogens is 6. The van der Waals surface area contributed by atoms with Gasteiger partial charge in [-0.3, -0.25) is 13.9 Å². The normalized spacial score (nSPS) is 23.6. The second-order valence-electron chi connectivity index (χ2n) is 11.3. The van der Waals surface area contributed by atoms with Crippen LogP contribution in [-0.2, 0) is 25.8 Å². The van der Waals surface area contributed by atoms with Crippen molar-refractivity contribution < 1.29 is 49.5 Å². The van der Waals surface area contributed by atoms with E-state index in [2.05, 4.69) is 10.6 Å². The van der Waals surface area contributed by atoms with Gasteiger partial charge in [0.25, 0.3) is 21.8 Å². The molecule has 10 nitrogen and oxygen atoms in total. The second-order valence-corrected chi connectivity index (χ2v) is 14.0. The van der Waals surface area contributed by atoms with Crippen LogP contribution in [0.15, 0.2) is 51.8 Å². The number of amides is 2. The number of nitrogens with one attached hydrogen (secondary N) is 2. The molecule has 45 heavy (non-hydrogen) atoms. The van der Waals surface area contributed by atoms with Crippen molar-refractivity contribution in [2.45, 2.75) is 54.4 Å². The standard InChI is InChI=1S/C28H23Cl2F4N3O7S/c1-14-6-22(24(43-14)28(32,33)34)45(40,41)37-9-21(44-20-5-2-15(29)7-19(20)37)25(39)36-27-11-26(12-27,13-27)35-23(38)10-42-16-3-4-17(30)18(31)8-16/h2-8,21H,9-13H2,1H3,(H,35,38)(H,36,39). The lowest BCUT2D eigenvalue weighted by molar-refractivity contribution is -0.156. The Morgan fingerprint density at radius 3 is 2.42 bits per heavy atom. The second kappa shape index (κ2) is 10.7. The summed E-state index contributed by atoms with van der Waals surface area (Å²) in [4.78, 5) is 24.7. The maximum atomic E-state index is 13.7. The summed E-state index contributed by atoms with van der Waals surface area (Å²) >= 11 is 11.7. The number of nitrogens with zero attached hydrogens (tertiary/aromatic N) is 1. The topological polar surface area (TPSA) is 127 Å². The zero-order valence-electron chi connectivity index (χ0n) is 23.1. The third-order valence-corrected chi connectivity index (χ3v) is 10.1. The van der Waals surface area contributed by atoms with Gasteiger partial charge in [0.15, 0.2) is 12.7 Å². The molecule has 3 fully saturated rings. The summed E-state index contributed by atoms with van der Waals surface area (Å²) in [5.41, 5.74) is -1.42. The van der Waals surface area contributed by atoms with Crippen molar-refractivity contribution in [1.82, 2.24) is 10.6 Å². The third kappa shape index (κ3) is 5.76. The maximum Gasteiger partial charge on any atom is 0.450 e. The van der Waals surface area contributed by atoms with Crippen molar-refractivity contribution in [1.29, 1.82) is 0 Å². The molecule has 2 N–H and O–H groups in total. The van der Waals surface area contributed by atoms with E-state index in [0.717, 1.165) is 12.1 Å². The van der Waals surface area contributed by atoms with Gasteiger partial charge in [-0.1, -0.05) is 23.2 Å². The minimum absolute atomic E-state index is 0.0787. The average Bonchev–Trinajstić information content (AvgIpc) is 3.34. The molecule has 7 rings (SSSR count). The van der Waals surface area contributed by atoms with Crippen LogP contribution >= 0.6 is 23.2 Å². The van der Waals surface area contributed by atoms with Gasteiger partial charge in [-0.05, 0) is 56.5 Å². The first-order valence-corrected chi connectivity index (χ1v) is 15.6. The molecule has 3 saturated carbocycles. The number of fused-ring (bicyclic) bond motifs is 1. The van der Waals surface area contributed by atoms with E-state index < -0.39 is 68.2 Å². The summed E-state index contributed by atoms with van der Waals surface area (Å²) in [7, 11) is -4.92. The van der Waals surface area contributed by atoms with Crippen molar-refractivity contribution >= 4 is 50.7 Å². The van der Waals surface area contributed by atoms with Crippen molar-refractivity contribution in [3.8, 4) is 11.5 Å². The smallest absolute Gasteiger partial charge is 0.450 e. The molecule has 240 valence electrons. The Labute approximate surface area is 263 Å². The summed E-state index contributed by atoms with van der Waals surface area (Å²) in [6, 6.07) is 8.45. The van der Waals surface area contributed by atoms with Crippen LogP contribution in [0, 0.1) is 12.7 Å². The number of benzene rings is 2. The fourth-order valence-electron chi connectivity index (χ4n) is 6.03. The highest BCUT2D eigenvalue weighted by Crippen LogP contribution is 2.60. The Morgan fingerprint density at radius 2 is 1.76 bits per heavy atom. The first-order chi connectivity index (χ1) is 21.0. The number of sulfonamides is 1. The number of anilines is 1. The molecule has 3 aromatic rings. The van der Waals surface area contributed by atoms with E-state index in [-0.39, 0.29) is 39.6 Å². The van der Waals surface area contributed by atoms with E-state index >= 15 is 0 Å². The SMILES string of the molecule is Cc1cc(S(=O)(=O)N2CC(C(=O)NC34CC(NC(=O)COc5ccc(Cl)c(F)c5)(C3)C4)Oc3ccc(Cl)cc32)c(C(F)(F)F)o1. The maximum absolute atomic E-state index is 13.7. The van der Waals surface area contributed by atoms with Crippen LogP contribution in [0.25, 0.3) is 0 Å². The Balaban J connectivity index is 1.12. The molecule has 2 aromatic carbocycles. The molecule has 1 aliphatic heterocycles. The lowest BCUT2D eigenvalue weighted by Gasteiger charge is -2.70. The van der Waals surface area contributed by atoms with E-state index in [9.17, 15) is 35.6 Å².